The van der Waals surface area contributed by atoms with E-state index in [2.05, 4.69) is 38.0 Å². The lowest BCUT2D eigenvalue weighted by Gasteiger charge is -2.29. The van der Waals surface area contributed by atoms with Crippen molar-refractivity contribution >= 4 is 11.9 Å². The number of benzene rings is 2. The number of carbonyl (C=O) groups excluding carboxylic acids is 1. The maximum absolute atomic E-state index is 12.1. The van der Waals surface area contributed by atoms with Crippen LogP contribution in [-0.2, 0) is 11.3 Å². The van der Waals surface area contributed by atoms with Crippen molar-refractivity contribution < 1.29 is 9.53 Å². The Balaban J connectivity index is 1.46. The predicted molar refractivity (Wildman–Crippen MR) is 129 cm³/mol. The number of hydrogen-bond acceptors (Lipinski definition) is 4. The third kappa shape index (κ3) is 7.27. The third-order valence-corrected chi connectivity index (χ3v) is 5.75. The maximum Gasteiger partial charge on any atom is 0.222 e. The van der Waals surface area contributed by atoms with Crippen LogP contribution in [0, 0.1) is 0 Å². The molecule has 7 heteroatoms. The van der Waals surface area contributed by atoms with E-state index in [0.717, 1.165) is 30.9 Å². The van der Waals surface area contributed by atoms with Crippen molar-refractivity contribution in [3.63, 3.8) is 0 Å². The molecule has 0 bridgehead atoms. The van der Waals surface area contributed by atoms with Crippen molar-refractivity contribution in [3.8, 4) is 5.75 Å². The van der Waals surface area contributed by atoms with Crippen LogP contribution in [0.4, 0.5) is 0 Å². The molecular formula is C25H35N5O2. The van der Waals surface area contributed by atoms with E-state index in [0.29, 0.717) is 25.5 Å². The van der Waals surface area contributed by atoms with E-state index in [-0.39, 0.29) is 11.9 Å². The van der Waals surface area contributed by atoms with E-state index in [1.807, 2.05) is 42.5 Å². The minimum atomic E-state index is 0.0185. The molecule has 1 unspecified atom stereocenters. The third-order valence-electron chi connectivity index (χ3n) is 5.75. The number of likely N-dealkylation sites (tertiary alicyclic amines) is 1. The van der Waals surface area contributed by atoms with Crippen molar-refractivity contribution in [2.24, 2.45) is 4.99 Å². The van der Waals surface area contributed by atoms with E-state index in [9.17, 15) is 4.79 Å². The lowest BCUT2D eigenvalue weighted by molar-refractivity contribution is -0.121. The van der Waals surface area contributed by atoms with Gasteiger partial charge in [0.1, 0.15) is 5.75 Å². The summed E-state index contributed by atoms with van der Waals surface area (Å²) >= 11 is 0. The summed E-state index contributed by atoms with van der Waals surface area (Å²) in [6.07, 6.45) is 2.86. The van der Waals surface area contributed by atoms with Gasteiger partial charge in [0.2, 0.25) is 5.91 Å². The Morgan fingerprint density at radius 1 is 1.03 bits per heavy atom. The van der Waals surface area contributed by atoms with Gasteiger partial charge in [-0.05, 0) is 49.2 Å². The summed E-state index contributed by atoms with van der Waals surface area (Å²) in [5.41, 5.74) is 2.36. The zero-order chi connectivity index (χ0) is 22.6. The molecule has 1 aliphatic rings. The topological polar surface area (TPSA) is 78.0 Å². The fourth-order valence-corrected chi connectivity index (χ4v) is 3.93. The Morgan fingerprint density at radius 3 is 2.41 bits per heavy atom. The molecule has 1 amide bonds. The van der Waals surface area contributed by atoms with E-state index in [1.165, 1.54) is 18.4 Å². The zero-order valence-electron chi connectivity index (χ0n) is 19.1. The molecule has 3 N–H and O–H groups in total. The van der Waals surface area contributed by atoms with Crippen LogP contribution in [0.25, 0.3) is 0 Å². The highest BCUT2D eigenvalue weighted by atomic mass is 16.5. The van der Waals surface area contributed by atoms with Gasteiger partial charge in [0.15, 0.2) is 5.96 Å². The molecule has 0 radical (unpaired) electrons. The van der Waals surface area contributed by atoms with E-state index < -0.39 is 0 Å². The van der Waals surface area contributed by atoms with Crippen LogP contribution in [0.5, 0.6) is 5.75 Å². The lowest BCUT2D eigenvalue weighted by atomic mass is 10.1. The quantitative estimate of drug-likeness (QED) is 0.394. The van der Waals surface area contributed by atoms with Gasteiger partial charge in [-0.25, -0.2) is 0 Å². The van der Waals surface area contributed by atoms with Crippen LogP contribution in [0.1, 0.15) is 36.4 Å². The molecule has 0 aromatic heterocycles. The highest BCUT2D eigenvalue weighted by Gasteiger charge is 2.23. The number of rotatable bonds is 10. The molecule has 7 nitrogen and oxygen atoms in total. The second-order valence-electron chi connectivity index (χ2n) is 7.92. The molecule has 32 heavy (non-hydrogen) atoms. The van der Waals surface area contributed by atoms with Gasteiger partial charge in [-0.2, -0.15) is 0 Å². The summed E-state index contributed by atoms with van der Waals surface area (Å²) < 4.78 is 5.31. The van der Waals surface area contributed by atoms with Gasteiger partial charge in [-0.3, -0.25) is 14.7 Å². The van der Waals surface area contributed by atoms with Gasteiger partial charge in [0, 0.05) is 33.1 Å². The van der Waals surface area contributed by atoms with Gasteiger partial charge in [-0.15, -0.1) is 0 Å². The average Bonchev–Trinajstić information content (AvgIpc) is 3.37. The minimum Gasteiger partial charge on any atom is -0.497 e. The zero-order valence-corrected chi connectivity index (χ0v) is 19.1. The highest BCUT2D eigenvalue weighted by Crippen LogP contribution is 2.26. The predicted octanol–water partition coefficient (Wildman–Crippen LogP) is 2.70. The summed E-state index contributed by atoms with van der Waals surface area (Å²) in [6, 6.07) is 18.5. The Bertz CT molecular complexity index is 848. The molecule has 1 atom stereocenters. The largest absolute Gasteiger partial charge is 0.497 e. The molecule has 2 aromatic carbocycles. The molecule has 3 rings (SSSR count). The Morgan fingerprint density at radius 2 is 1.75 bits per heavy atom. The van der Waals surface area contributed by atoms with Gasteiger partial charge >= 0.3 is 0 Å². The van der Waals surface area contributed by atoms with Gasteiger partial charge in [0.25, 0.3) is 0 Å². The van der Waals surface area contributed by atoms with E-state index in [4.69, 9.17) is 4.74 Å². The second kappa shape index (κ2) is 12.7. The monoisotopic (exact) mass is 437 g/mol. The number of guanidine groups is 1. The first-order chi connectivity index (χ1) is 15.7. The summed E-state index contributed by atoms with van der Waals surface area (Å²) in [5.74, 6) is 1.59. The molecule has 1 heterocycles. The molecule has 1 saturated heterocycles. The molecule has 1 fully saturated rings. The Hall–Kier alpha value is -3.06. The van der Waals surface area contributed by atoms with Gasteiger partial charge in [0.05, 0.1) is 13.2 Å². The number of hydrogen-bond donors (Lipinski definition) is 3. The fraction of sp³-hybridized carbons (Fsp3) is 0.440. The van der Waals surface area contributed by atoms with Crippen LogP contribution >= 0.6 is 0 Å². The second-order valence-corrected chi connectivity index (χ2v) is 7.92. The number of carbonyl (C=O) groups is 1. The molecule has 0 aliphatic carbocycles. The van der Waals surface area contributed by atoms with Gasteiger partial charge < -0.3 is 20.7 Å². The molecule has 0 spiro atoms. The highest BCUT2D eigenvalue weighted by molar-refractivity contribution is 5.81. The van der Waals surface area contributed by atoms with Gasteiger partial charge in [-0.1, -0.05) is 42.5 Å². The summed E-state index contributed by atoms with van der Waals surface area (Å²) in [6.45, 7) is 4.02. The molecule has 2 aromatic rings. The number of amides is 1. The van der Waals surface area contributed by atoms with Crippen molar-refractivity contribution in [3.05, 3.63) is 65.7 Å². The Labute approximate surface area is 191 Å². The smallest absolute Gasteiger partial charge is 0.222 e. The Kier molecular flexibility index (Phi) is 9.37. The van der Waals surface area contributed by atoms with Crippen LogP contribution in [0.3, 0.4) is 0 Å². The van der Waals surface area contributed by atoms with E-state index in [1.54, 1.807) is 14.2 Å². The number of nitrogens with zero attached hydrogens (tertiary/aromatic N) is 2. The van der Waals surface area contributed by atoms with Crippen LogP contribution in [0.15, 0.2) is 59.6 Å². The first-order valence-corrected chi connectivity index (χ1v) is 11.3. The molecule has 172 valence electrons. The number of nitrogens with one attached hydrogen (secondary N) is 3. The van der Waals surface area contributed by atoms with Crippen molar-refractivity contribution in [2.75, 3.05) is 40.3 Å². The lowest BCUT2D eigenvalue weighted by Crippen LogP contribution is -2.43. The first-order valence-electron chi connectivity index (χ1n) is 11.3. The first kappa shape index (κ1) is 23.6. The summed E-state index contributed by atoms with van der Waals surface area (Å²) in [4.78, 5) is 19.0. The van der Waals surface area contributed by atoms with Crippen molar-refractivity contribution in [2.45, 2.75) is 31.8 Å². The van der Waals surface area contributed by atoms with Crippen molar-refractivity contribution in [1.29, 1.82) is 0 Å². The number of aliphatic imine (C=N–C) groups is 1. The van der Waals surface area contributed by atoms with Crippen LogP contribution < -0.4 is 20.7 Å². The maximum atomic E-state index is 12.1. The molecule has 0 saturated carbocycles. The van der Waals surface area contributed by atoms with E-state index >= 15 is 0 Å². The molecular weight excluding hydrogens is 402 g/mol. The summed E-state index contributed by atoms with van der Waals surface area (Å²) in [7, 11) is 3.44. The molecule has 1 aliphatic heterocycles. The summed E-state index contributed by atoms with van der Waals surface area (Å²) in [5, 5.41) is 9.65. The minimum absolute atomic E-state index is 0.0185. The SMILES string of the molecule is CN=C(NCCC(=O)NCc1ccccc1)NCC(c1ccc(OC)cc1)N1CCCC1. The number of methoxy groups -OCH3 is 1. The van der Waals surface area contributed by atoms with Crippen molar-refractivity contribution in [1.82, 2.24) is 20.9 Å². The fourth-order valence-electron chi connectivity index (χ4n) is 3.93. The normalized spacial score (nSPS) is 15.2. The standard InChI is InChI=1S/C25H35N5O2/c1-26-25(27-15-14-24(31)28-18-20-8-4-3-5-9-20)29-19-23(30-16-6-7-17-30)21-10-12-22(32-2)13-11-21/h3-5,8-13,23H,6-7,14-19H2,1-2H3,(H,28,31)(H2,26,27,29). The average molecular weight is 438 g/mol. The van der Waals surface area contributed by atoms with Crippen LogP contribution in [-0.4, -0.2) is 57.1 Å². The van der Waals surface area contributed by atoms with Crippen LogP contribution in [0.2, 0.25) is 0 Å². The number of ether oxygens (including phenoxy) is 1.